The molecule has 9 heteroatoms. The fraction of sp³-hybridized carbons (Fsp3) is 0.188. The smallest absolute Gasteiger partial charge is 0.374 e. The van der Waals surface area contributed by atoms with Crippen LogP contribution in [0, 0.1) is 18.6 Å². The van der Waals surface area contributed by atoms with E-state index in [0.29, 0.717) is 17.4 Å². The summed E-state index contributed by atoms with van der Waals surface area (Å²) in [6.07, 6.45) is 0.778. The highest BCUT2D eigenvalue weighted by molar-refractivity contribution is 6.31. The Morgan fingerprint density at radius 1 is 1.32 bits per heavy atom. The number of carbonyl (C=O) groups is 2. The number of methoxy groups -OCH3 is 1. The highest BCUT2D eigenvalue weighted by atomic mass is 19.1. The summed E-state index contributed by atoms with van der Waals surface area (Å²) in [5.41, 5.74) is 0.376. The number of nitrogens with one attached hydrogen (secondary N) is 1. The van der Waals surface area contributed by atoms with Crippen LogP contribution in [0.5, 0.6) is 0 Å². The van der Waals surface area contributed by atoms with E-state index in [1.165, 1.54) is 7.11 Å². The molecule has 0 aliphatic rings. The third kappa shape index (κ3) is 4.87. The molecular weight excluding hydrogens is 338 g/mol. The number of rotatable bonds is 6. The SMILES string of the molecule is COC(=O)c1oc(CO/N=C/C(=O)Nc2ccc(F)cc2F)cc1C. The molecule has 0 saturated heterocycles. The number of amides is 1. The third-order valence-corrected chi connectivity index (χ3v) is 2.98. The number of esters is 1. The van der Waals surface area contributed by atoms with Crippen molar-refractivity contribution in [2.24, 2.45) is 5.16 Å². The zero-order chi connectivity index (χ0) is 18.4. The summed E-state index contributed by atoms with van der Waals surface area (Å²) in [5, 5.41) is 5.58. The van der Waals surface area contributed by atoms with Crippen LogP contribution >= 0.6 is 0 Å². The topological polar surface area (TPSA) is 90.1 Å². The molecule has 0 radical (unpaired) electrons. The summed E-state index contributed by atoms with van der Waals surface area (Å²) < 4.78 is 35.9. The molecule has 2 rings (SSSR count). The van der Waals surface area contributed by atoms with Crippen LogP contribution in [0.1, 0.15) is 21.9 Å². The van der Waals surface area contributed by atoms with Crippen LogP contribution in [0.25, 0.3) is 0 Å². The number of halogens is 2. The molecular formula is C16H14F2N2O5. The van der Waals surface area contributed by atoms with E-state index >= 15 is 0 Å². The summed E-state index contributed by atoms with van der Waals surface area (Å²) in [6.45, 7) is 1.53. The average Bonchev–Trinajstić information content (AvgIpc) is 2.94. The van der Waals surface area contributed by atoms with Crippen molar-refractivity contribution in [3.63, 3.8) is 0 Å². The number of benzene rings is 1. The second kappa shape index (κ2) is 8.04. The average molecular weight is 352 g/mol. The van der Waals surface area contributed by atoms with E-state index in [2.05, 4.69) is 15.2 Å². The lowest BCUT2D eigenvalue weighted by molar-refractivity contribution is -0.110. The Balaban J connectivity index is 1.86. The minimum Gasteiger partial charge on any atom is -0.463 e. The Bertz CT molecular complexity index is 817. The Kier molecular flexibility index (Phi) is 5.83. The van der Waals surface area contributed by atoms with Gasteiger partial charge in [0.25, 0.3) is 5.91 Å². The van der Waals surface area contributed by atoms with Gasteiger partial charge in [-0.05, 0) is 25.1 Å². The van der Waals surface area contributed by atoms with E-state index in [9.17, 15) is 18.4 Å². The normalized spacial score (nSPS) is 10.7. The molecule has 0 atom stereocenters. The molecule has 1 amide bonds. The number of hydrogen-bond acceptors (Lipinski definition) is 6. The van der Waals surface area contributed by atoms with Gasteiger partial charge in [-0.15, -0.1) is 0 Å². The molecule has 132 valence electrons. The molecule has 25 heavy (non-hydrogen) atoms. The number of anilines is 1. The number of ether oxygens (including phenoxy) is 1. The number of carbonyl (C=O) groups excluding carboxylic acids is 2. The first-order chi connectivity index (χ1) is 11.9. The van der Waals surface area contributed by atoms with E-state index in [0.717, 1.165) is 18.3 Å². The predicted molar refractivity (Wildman–Crippen MR) is 83.1 cm³/mol. The lowest BCUT2D eigenvalue weighted by Crippen LogP contribution is -2.14. The van der Waals surface area contributed by atoms with Gasteiger partial charge in [0.2, 0.25) is 5.76 Å². The van der Waals surface area contributed by atoms with Crippen LogP contribution in [-0.2, 0) is 21.0 Å². The number of nitrogens with zero attached hydrogens (tertiary/aromatic N) is 1. The second-order valence-electron chi connectivity index (χ2n) is 4.84. The molecule has 1 aromatic heterocycles. The van der Waals surface area contributed by atoms with Crippen molar-refractivity contribution in [3.8, 4) is 0 Å². The molecule has 7 nitrogen and oxygen atoms in total. The summed E-state index contributed by atoms with van der Waals surface area (Å²) in [4.78, 5) is 27.8. The van der Waals surface area contributed by atoms with Gasteiger partial charge in [-0.3, -0.25) is 4.79 Å². The molecule has 0 unspecified atom stereocenters. The molecule has 0 aliphatic carbocycles. The molecule has 1 heterocycles. The highest BCUT2D eigenvalue weighted by Gasteiger charge is 2.16. The summed E-state index contributed by atoms with van der Waals surface area (Å²) in [6, 6.07) is 4.29. The fourth-order valence-electron chi connectivity index (χ4n) is 1.86. The fourth-order valence-corrected chi connectivity index (χ4v) is 1.86. The monoisotopic (exact) mass is 352 g/mol. The summed E-state index contributed by atoms with van der Waals surface area (Å²) in [5.74, 6) is -2.70. The van der Waals surface area contributed by atoms with Crippen molar-refractivity contribution < 1.29 is 32.4 Å². The molecule has 1 N–H and O–H groups in total. The maximum absolute atomic E-state index is 13.4. The lowest BCUT2D eigenvalue weighted by atomic mass is 10.3. The van der Waals surface area contributed by atoms with Crippen molar-refractivity contribution in [3.05, 3.63) is 53.0 Å². The van der Waals surface area contributed by atoms with Gasteiger partial charge < -0.3 is 19.3 Å². The molecule has 0 saturated carbocycles. The van der Waals surface area contributed by atoms with Gasteiger partial charge in [-0.1, -0.05) is 5.16 Å². The first-order valence-corrected chi connectivity index (χ1v) is 6.99. The molecule has 1 aromatic carbocycles. The van der Waals surface area contributed by atoms with Gasteiger partial charge in [0, 0.05) is 11.6 Å². The minimum atomic E-state index is -0.913. The quantitative estimate of drug-likeness (QED) is 0.490. The van der Waals surface area contributed by atoms with Crippen molar-refractivity contribution in [1.82, 2.24) is 0 Å². The predicted octanol–water partition coefficient (Wildman–Crippen LogP) is 2.79. The molecule has 0 bridgehead atoms. The Morgan fingerprint density at radius 2 is 2.08 bits per heavy atom. The van der Waals surface area contributed by atoms with E-state index in [1.807, 2.05) is 0 Å². The van der Waals surface area contributed by atoms with Crippen molar-refractivity contribution in [2.75, 3.05) is 12.4 Å². The summed E-state index contributed by atoms with van der Waals surface area (Å²) in [7, 11) is 1.23. The van der Waals surface area contributed by atoms with Gasteiger partial charge in [-0.25, -0.2) is 13.6 Å². The molecule has 2 aromatic rings. The molecule has 0 aliphatic heterocycles. The van der Waals surface area contributed by atoms with Crippen molar-refractivity contribution in [1.29, 1.82) is 0 Å². The third-order valence-electron chi connectivity index (χ3n) is 2.98. The van der Waals surface area contributed by atoms with Crippen molar-refractivity contribution in [2.45, 2.75) is 13.5 Å². The second-order valence-corrected chi connectivity index (χ2v) is 4.84. The zero-order valence-corrected chi connectivity index (χ0v) is 13.3. The highest BCUT2D eigenvalue weighted by Crippen LogP contribution is 2.16. The standard InChI is InChI=1S/C16H14F2N2O5/c1-9-5-11(25-15(9)16(22)23-2)8-24-19-7-14(21)20-13-4-3-10(17)6-12(13)18/h3-7H,8H2,1-2H3,(H,20,21)/b19-7+. The van der Waals surface area contributed by atoms with Crippen LogP contribution in [0.2, 0.25) is 0 Å². The summed E-state index contributed by atoms with van der Waals surface area (Å²) >= 11 is 0. The lowest BCUT2D eigenvalue weighted by Gasteiger charge is -2.03. The Hall–Kier alpha value is -3.23. The van der Waals surface area contributed by atoms with E-state index in [-0.39, 0.29) is 18.1 Å². The van der Waals surface area contributed by atoms with Gasteiger partial charge >= 0.3 is 5.97 Å². The number of aryl methyl sites for hydroxylation is 1. The first-order valence-electron chi connectivity index (χ1n) is 6.99. The van der Waals surface area contributed by atoms with Crippen molar-refractivity contribution >= 4 is 23.8 Å². The van der Waals surface area contributed by atoms with Crippen LogP contribution in [0.15, 0.2) is 33.8 Å². The maximum Gasteiger partial charge on any atom is 0.374 e. The van der Waals surface area contributed by atoms with Gasteiger partial charge in [0.1, 0.15) is 23.6 Å². The van der Waals surface area contributed by atoms with E-state index in [4.69, 9.17) is 9.25 Å². The van der Waals surface area contributed by atoms with E-state index < -0.39 is 23.5 Å². The van der Waals surface area contributed by atoms with Gasteiger partial charge in [0.05, 0.1) is 12.8 Å². The maximum atomic E-state index is 13.4. The van der Waals surface area contributed by atoms with Crippen LogP contribution in [0.3, 0.4) is 0 Å². The van der Waals surface area contributed by atoms with Gasteiger partial charge in [0.15, 0.2) is 6.61 Å². The number of hydrogen-bond donors (Lipinski definition) is 1. The molecule has 0 spiro atoms. The van der Waals surface area contributed by atoms with Crippen LogP contribution < -0.4 is 5.32 Å². The number of oxime groups is 1. The first kappa shape index (κ1) is 18.1. The Morgan fingerprint density at radius 3 is 2.76 bits per heavy atom. The van der Waals surface area contributed by atoms with Crippen LogP contribution in [0.4, 0.5) is 14.5 Å². The van der Waals surface area contributed by atoms with Gasteiger partial charge in [-0.2, -0.15) is 0 Å². The molecule has 0 fully saturated rings. The Labute approximate surface area is 141 Å². The minimum absolute atomic E-state index is 0.0506. The van der Waals surface area contributed by atoms with E-state index in [1.54, 1.807) is 13.0 Å². The van der Waals surface area contributed by atoms with Crippen LogP contribution in [-0.4, -0.2) is 25.2 Å². The number of furan rings is 1. The largest absolute Gasteiger partial charge is 0.463 e. The zero-order valence-electron chi connectivity index (χ0n) is 13.3.